The molecule has 1 atom stereocenters. The standard InChI is InChI=1S/C9H9BrN2O4/c1-2-6(9(13)14)8-7(10)3-5(4-11-8)12(15)16/h3-4,6H,2H2,1H3,(H,13,14). The molecule has 0 aromatic carbocycles. The number of hydrogen-bond acceptors (Lipinski definition) is 4. The predicted octanol–water partition coefficient (Wildman–Crippen LogP) is 2.33. The van der Waals surface area contributed by atoms with Crippen LogP contribution in [0.3, 0.4) is 0 Å². The van der Waals surface area contributed by atoms with Crippen molar-refractivity contribution < 1.29 is 14.8 Å². The fourth-order valence-electron chi connectivity index (χ4n) is 1.28. The Morgan fingerprint density at radius 2 is 2.38 bits per heavy atom. The highest BCUT2D eigenvalue weighted by molar-refractivity contribution is 9.10. The number of aliphatic carboxylic acids is 1. The zero-order chi connectivity index (χ0) is 12.3. The van der Waals surface area contributed by atoms with Crippen LogP contribution < -0.4 is 0 Å². The van der Waals surface area contributed by atoms with Gasteiger partial charge in [0.15, 0.2) is 0 Å². The van der Waals surface area contributed by atoms with Gasteiger partial charge in [-0.3, -0.25) is 19.9 Å². The summed E-state index contributed by atoms with van der Waals surface area (Å²) in [6, 6.07) is 1.26. The number of rotatable bonds is 4. The molecule has 0 bridgehead atoms. The third-order valence-corrected chi connectivity index (χ3v) is 2.74. The maximum absolute atomic E-state index is 10.9. The van der Waals surface area contributed by atoms with Crippen LogP contribution in [0.1, 0.15) is 25.0 Å². The van der Waals surface area contributed by atoms with Crippen LogP contribution in [-0.4, -0.2) is 21.0 Å². The van der Waals surface area contributed by atoms with E-state index in [-0.39, 0.29) is 5.69 Å². The van der Waals surface area contributed by atoms with Crippen molar-refractivity contribution in [2.75, 3.05) is 0 Å². The molecule has 86 valence electrons. The van der Waals surface area contributed by atoms with Crippen molar-refractivity contribution >= 4 is 27.6 Å². The summed E-state index contributed by atoms with van der Waals surface area (Å²) in [7, 11) is 0. The number of nitro groups is 1. The third kappa shape index (κ3) is 2.54. The van der Waals surface area contributed by atoms with Gasteiger partial charge in [0.2, 0.25) is 0 Å². The molecule has 1 unspecified atom stereocenters. The highest BCUT2D eigenvalue weighted by atomic mass is 79.9. The van der Waals surface area contributed by atoms with Gasteiger partial charge in [0.1, 0.15) is 6.20 Å². The summed E-state index contributed by atoms with van der Waals surface area (Å²) in [5.74, 6) is -1.75. The molecule has 0 saturated carbocycles. The van der Waals surface area contributed by atoms with E-state index < -0.39 is 16.8 Å². The smallest absolute Gasteiger partial charge is 0.312 e. The van der Waals surface area contributed by atoms with Crippen LogP contribution in [0, 0.1) is 10.1 Å². The fraction of sp³-hybridized carbons (Fsp3) is 0.333. The molecule has 1 heterocycles. The van der Waals surface area contributed by atoms with Gasteiger partial charge in [-0.1, -0.05) is 6.92 Å². The normalized spacial score (nSPS) is 12.1. The maximum atomic E-state index is 10.9. The summed E-state index contributed by atoms with van der Waals surface area (Å²) >= 11 is 3.09. The van der Waals surface area contributed by atoms with Crippen molar-refractivity contribution in [1.82, 2.24) is 4.98 Å². The SMILES string of the molecule is CCC(C(=O)O)c1ncc([N+](=O)[O-])cc1Br. The van der Waals surface area contributed by atoms with Gasteiger partial charge in [0, 0.05) is 10.5 Å². The Labute approximate surface area is 99.6 Å². The Morgan fingerprint density at radius 1 is 1.75 bits per heavy atom. The maximum Gasteiger partial charge on any atom is 0.312 e. The lowest BCUT2D eigenvalue weighted by atomic mass is 10.0. The summed E-state index contributed by atoms with van der Waals surface area (Å²) in [4.78, 5) is 24.6. The molecular weight excluding hydrogens is 280 g/mol. The number of carbonyl (C=O) groups is 1. The summed E-state index contributed by atoms with van der Waals surface area (Å²) in [5, 5.41) is 19.4. The van der Waals surface area contributed by atoms with Gasteiger partial charge in [-0.2, -0.15) is 0 Å². The number of halogens is 1. The molecule has 1 aromatic heterocycles. The Hall–Kier alpha value is -1.50. The molecule has 0 aliphatic carbocycles. The van der Waals surface area contributed by atoms with Gasteiger partial charge in [-0.25, -0.2) is 0 Å². The zero-order valence-electron chi connectivity index (χ0n) is 8.38. The van der Waals surface area contributed by atoms with Crippen molar-refractivity contribution in [3.63, 3.8) is 0 Å². The molecule has 0 radical (unpaired) electrons. The molecule has 0 saturated heterocycles. The van der Waals surface area contributed by atoms with Crippen molar-refractivity contribution in [1.29, 1.82) is 0 Å². The second-order valence-corrected chi connectivity index (χ2v) is 3.97. The van der Waals surface area contributed by atoms with E-state index in [4.69, 9.17) is 5.11 Å². The first kappa shape index (κ1) is 12.6. The predicted molar refractivity (Wildman–Crippen MR) is 59.3 cm³/mol. The van der Waals surface area contributed by atoms with Crippen molar-refractivity contribution in [3.8, 4) is 0 Å². The van der Waals surface area contributed by atoms with Crippen molar-refractivity contribution in [3.05, 3.63) is 32.5 Å². The lowest BCUT2D eigenvalue weighted by Crippen LogP contribution is -2.13. The van der Waals surface area contributed by atoms with E-state index in [1.54, 1.807) is 6.92 Å². The van der Waals surface area contributed by atoms with E-state index in [0.717, 1.165) is 6.20 Å². The zero-order valence-corrected chi connectivity index (χ0v) is 9.97. The summed E-state index contributed by atoms with van der Waals surface area (Å²) in [5.41, 5.74) is 0.136. The Balaban J connectivity index is 3.16. The fourth-order valence-corrected chi connectivity index (χ4v) is 1.89. The highest BCUT2D eigenvalue weighted by Crippen LogP contribution is 2.28. The topological polar surface area (TPSA) is 93.3 Å². The van der Waals surface area contributed by atoms with Gasteiger partial charge in [0.05, 0.1) is 16.5 Å². The van der Waals surface area contributed by atoms with Crippen LogP contribution in [0.4, 0.5) is 5.69 Å². The number of aromatic nitrogens is 1. The quantitative estimate of drug-likeness (QED) is 0.678. The molecular formula is C9H9BrN2O4. The van der Waals surface area contributed by atoms with Crippen LogP contribution in [0.15, 0.2) is 16.7 Å². The largest absolute Gasteiger partial charge is 0.481 e. The summed E-state index contributed by atoms with van der Waals surface area (Å²) < 4.78 is 0.343. The van der Waals surface area contributed by atoms with Crippen LogP contribution >= 0.6 is 15.9 Å². The van der Waals surface area contributed by atoms with E-state index in [1.807, 2.05) is 0 Å². The van der Waals surface area contributed by atoms with Gasteiger partial charge < -0.3 is 5.11 Å². The monoisotopic (exact) mass is 288 g/mol. The van der Waals surface area contributed by atoms with Gasteiger partial charge in [-0.15, -0.1) is 0 Å². The van der Waals surface area contributed by atoms with Gasteiger partial charge in [0.25, 0.3) is 5.69 Å². The summed E-state index contributed by atoms with van der Waals surface area (Å²) in [6.45, 7) is 1.72. The molecule has 16 heavy (non-hydrogen) atoms. The highest BCUT2D eigenvalue weighted by Gasteiger charge is 2.23. The average molecular weight is 289 g/mol. The first-order valence-corrected chi connectivity index (χ1v) is 5.29. The molecule has 0 fully saturated rings. The van der Waals surface area contributed by atoms with Crippen molar-refractivity contribution in [2.45, 2.75) is 19.3 Å². The van der Waals surface area contributed by atoms with Crippen LogP contribution in [0.25, 0.3) is 0 Å². The molecule has 0 spiro atoms. The number of carboxylic acid groups (broad SMARTS) is 1. The molecule has 1 aromatic rings. The van der Waals surface area contributed by atoms with E-state index in [1.165, 1.54) is 6.07 Å². The minimum absolute atomic E-state index is 0.170. The second kappa shape index (κ2) is 5.02. The molecule has 1 rings (SSSR count). The van der Waals surface area contributed by atoms with Crippen LogP contribution in [0.2, 0.25) is 0 Å². The van der Waals surface area contributed by atoms with E-state index in [0.29, 0.717) is 16.6 Å². The Morgan fingerprint density at radius 3 is 2.75 bits per heavy atom. The summed E-state index contributed by atoms with van der Waals surface area (Å²) in [6.07, 6.45) is 1.43. The van der Waals surface area contributed by atoms with Crippen LogP contribution in [0.5, 0.6) is 0 Å². The minimum Gasteiger partial charge on any atom is -0.481 e. The Kier molecular flexibility index (Phi) is 3.94. The minimum atomic E-state index is -0.996. The van der Waals surface area contributed by atoms with E-state index in [9.17, 15) is 14.9 Å². The number of nitrogens with zero attached hydrogens (tertiary/aromatic N) is 2. The number of carboxylic acids is 1. The molecule has 0 amide bonds. The van der Waals surface area contributed by atoms with Crippen LogP contribution in [-0.2, 0) is 4.79 Å². The van der Waals surface area contributed by atoms with Gasteiger partial charge >= 0.3 is 5.97 Å². The molecule has 0 aliphatic rings. The molecule has 0 aliphatic heterocycles. The van der Waals surface area contributed by atoms with E-state index >= 15 is 0 Å². The number of pyridine rings is 1. The first-order chi connectivity index (χ1) is 7.47. The molecule has 1 N–H and O–H groups in total. The lowest BCUT2D eigenvalue weighted by Gasteiger charge is -2.10. The van der Waals surface area contributed by atoms with E-state index in [2.05, 4.69) is 20.9 Å². The molecule has 6 nitrogen and oxygen atoms in total. The Bertz CT molecular complexity index is 436. The average Bonchev–Trinajstić information content (AvgIpc) is 2.20. The van der Waals surface area contributed by atoms with Gasteiger partial charge in [-0.05, 0) is 22.4 Å². The first-order valence-electron chi connectivity index (χ1n) is 4.50. The number of hydrogen-bond donors (Lipinski definition) is 1. The second-order valence-electron chi connectivity index (χ2n) is 3.12. The third-order valence-electron chi connectivity index (χ3n) is 2.10. The van der Waals surface area contributed by atoms with Crippen molar-refractivity contribution in [2.24, 2.45) is 0 Å². The molecule has 7 heteroatoms. The lowest BCUT2D eigenvalue weighted by molar-refractivity contribution is -0.385.